The molecule has 1 aromatic carbocycles. The summed E-state index contributed by atoms with van der Waals surface area (Å²) < 4.78 is 0. The fourth-order valence-electron chi connectivity index (χ4n) is 3.87. The molecule has 1 aliphatic carbocycles. The maximum Gasteiger partial charge on any atom is 0.223 e. The minimum Gasteiger partial charge on any atom is -0.352 e. The van der Waals surface area contributed by atoms with Gasteiger partial charge in [-0.25, -0.2) is 4.98 Å². The molecule has 0 bridgehead atoms. The van der Waals surface area contributed by atoms with Crippen LogP contribution in [0.4, 0.5) is 5.13 Å². The quantitative estimate of drug-likeness (QED) is 0.806. The summed E-state index contributed by atoms with van der Waals surface area (Å²) in [6.45, 7) is 5.27. The predicted molar refractivity (Wildman–Crippen MR) is 115 cm³/mol. The van der Waals surface area contributed by atoms with Gasteiger partial charge in [-0.15, -0.1) is 11.3 Å². The van der Waals surface area contributed by atoms with Crippen LogP contribution in [0, 0.1) is 5.92 Å². The number of halogens is 1. The molecule has 1 atom stereocenters. The maximum absolute atomic E-state index is 12.7. The molecule has 1 aliphatic heterocycles. The van der Waals surface area contributed by atoms with Crippen LogP contribution in [0.1, 0.15) is 29.5 Å². The standard InChI is InChI=1S/C21H25ClN4O2S/c1-14(27)25-8-10-26(11-9-25)21-24-18-7-4-16(12-19(18)29-21)20(28)23-13-15-2-5-17(22)6-3-15/h2-3,5-6,16H,4,7-13H2,1H3,(H,23,28). The van der Waals surface area contributed by atoms with Gasteiger partial charge in [0, 0.05) is 55.5 Å². The van der Waals surface area contributed by atoms with Crippen LogP contribution in [0.2, 0.25) is 5.02 Å². The lowest BCUT2D eigenvalue weighted by Crippen LogP contribution is -2.48. The minimum absolute atomic E-state index is 0.00217. The van der Waals surface area contributed by atoms with Crippen LogP contribution >= 0.6 is 22.9 Å². The summed E-state index contributed by atoms with van der Waals surface area (Å²) in [5, 5.41) is 4.78. The van der Waals surface area contributed by atoms with Crippen LogP contribution in [-0.4, -0.2) is 47.9 Å². The molecule has 2 heterocycles. The molecule has 0 radical (unpaired) electrons. The Morgan fingerprint density at radius 1 is 1.21 bits per heavy atom. The summed E-state index contributed by atoms with van der Waals surface area (Å²) in [5.74, 6) is 0.240. The first-order valence-corrected chi connectivity index (χ1v) is 11.2. The van der Waals surface area contributed by atoms with Crippen molar-refractivity contribution in [3.63, 3.8) is 0 Å². The number of rotatable bonds is 4. The van der Waals surface area contributed by atoms with Crippen LogP contribution in [0.5, 0.6) is 0 Å². The highest BCUT2D eigenvalue weighted by Gasteiger charge is 2.29. The zero-order chi connectivity index (χ0) is 20.4. The van der Waals surface area contributed by atoms with E-state index < -0.39 is 0 Å². The van der Waals surface area contributed by atoms with E-state index >= 15 is 0 Å². The first kappa shape index (κ1) is 20.2. The zero-order valence-electron chi connectivity index (χ0n) is 16.5. The molecule has 1 saturated heterocycles. The van der Waals surface area contributed by atoms with E-state index in [4.69, 9.17) is 16.6 Å². The number of hydrogen-bond acceptors (Lipinski definition) is 5. The highest BCUT2D eigenvalue weighted by Crippen LogP contribution is 2.34. The summed E-state index contributed by atoms with van der Waals surface area (Å²) >= 11 is 7.62. The van der Waals surface area contributed by atoms with Crippen LogP contribution in [0.15, 0.2) is 24.3 Å². The van der Waals surface area contributed by atoms with Crippen LogP contribution in [0.3, 0.4) is 0 Å². The number of hydrogen-bond donors (Lipinski definition) is 1. The number of benzene rings is 1. The van der Waals surface area contributed by atoms with Gasteiger partial charge in [0.25, 0.3) is 0 Å². The van der Waals surface area contributed by atoms with Gasteiger partial charge in [0.2, 0.25) is 11.8 Å². The summed E-state index contributed by atoms with van der Waals surface area (Å²) in [5.41, 5.74) is 2.18. The molecule has 1 aromatic heterocycles. The molecule has 0 spiro atoms. The summed E-state index contributed by atoms with van der Waals surface area (Å²) in [6.07, 6.45) is 2.44. The summed E-state index contributed by atoms with van der Waals surface area (Å²) in [7, 11) is 0. The molecule has 2 aliphatic rings. The zero-order valence-corrected chi connectivity index (χ0v) is 18.1. The number of aromatic nitrogens is 1. The Morgan fingerprint density at radius 3 is 2.62 bits per heavy atom. The highest BCUT2D eigenvalue weighted by atomic mass is 35.5. The molecular weight excluding hydrogens is 408 g/mol. The van der Waals surface area contributed by atoms with Gasteiger partial charge < -0.3 is 15.1 Å². The van der Waals surface area contributed by atoms with E-state index in [1.54, 1.807) is 18.3 Å². The third kappa shape index (κ3) is 4.73. The van der Waals surface area contributed by atoms with Crippen molar-refractivity contribution in [1.29, 1.82) is 0 Å². The van der Waals surface area contributed by atoms with Gasteiger partial charge >= 0.3 is 0 Å². The van der Waals surface area contributed by atoms with Gasteiger partial charge in [0.15, 0.2) is 5.13 Å². The van der Waals surface area contributed by atoms with E-state index in [1.165, 1.54) is 4.88 Å². The van der Waals surface area contributed by atoms with Gasteiger partial charge in [-0.2, -0.15) is 0 Å². The van der Waals surface area contributed by atoms with Crippen molar-refractivity contribution in [1.82, 2.24) is 15.2 Å². The molecule has 1 N–H and O–H groups in total. The van der Waals surface area contributed by atoms with Gasteiger partial charge in [0.05, 0.1) is 5.69 Å². The molecule has 6 nitrogen and oxygen atoms in total. The third-order valence-corrected chi connectivity index (χ3v) is 7.11. The van der Waals surface area contributed by atoms with E-state index in [-0.39, 0.29) is 17.7 Å². The Kier molecular flexibility index (Phi) is 6.06. The van der Waals surface area contributed by atoms with E-state index in [1.807, 2.05) is 29.2 Å². The number of fused-ring (bicyclic) bond motifs is 1. The molecule has 0 saturated carbocycles. The fourth-order valence-corrected chi connectivity index (χ4v) is 5.23. The molecule has 29 heavy (non-hydrogen) atoms. The number of nitrogens with zero attached hydrogens (tertiary/aromatic N) is 3. The smallest absolute Gasteiger partial charge is 0.223 e. The lowest BCUT2D eigenvalue weighted by Gasteiger charge is -2.33. The van der Waals surface area contributed by atoms with Gasteiger partial charge in [0.1, 0.15) is 0 Å². The Labute approximate surface area is 179 Å². The second kappa shape index (κ2) is 8.71. The number of carbonyl (C=O) groups is 2. The first-order valence-electron chi connectivity index (χ1n) is 10.0. The van der Waals surface area contributed by atoms with Crippen LogP contribution in [0.25, 0.3) is 0 Å². The normalized spacial score (nSPS) is 19.0. The SMILES string of the molecule is CC(=O)N1CCN(c2nc3c(s2)CC(C(=O)NCc2ccc(Cl)cc2)CC3)CC1. The average Bonchev–Trinajstić information content (AvgIpc) is 3.16. The van der Waals surface area contributed by atoms with Crippen molar-refractivity contribution >= 4 is 39.9 Å². The lowest BCUT2D eigenvalue weighted by molar-refractivity contribution is -0.129. The average molecular weight is 433 g/mol. The van der Waals surface area contributed by atoms with Crippen molar-refractivity contribution in [2.24, 2.45) is 5.92 Å². The van der Waals surface area contributed by atoms with Crippen molar-refractivity contribution in [3.8, 4) is 0 Å². The number of carbonyl (C=O) groups excluding carboxylic acids is 2. The Morgan fingerprint density at radius 2 is 1.93 bits per heavy atom. The van der Waals surface area contributed by atoms with Crippen LogP contribution in [-0.2, 0) is 29.0 Å². The van der Waals surface area contributed by atoms with Gasteiger partial charge in [-0.05, 0) is 37.0 Å². The molecule has 2 aromatic rings. The molecular formula is C21H25ClN4O2S. The molecule has 154 valence electrons. The van der Waals surface area contributed by atoms with Gasteiger partial charge in [-0.3, -0.25) is 9.59 Å². The first-order chi connectivity index (χ1) is 14.0. The van der Waals surface area contributed by atoms with Crippen molar-refractivity contribution < 1.29 is 9.59 Å². The van der Waals surface area contributed by atoms with E-state index in [0.717, 1.165) is 61.8 Å². The second-order valence-corrected chi connectivity index (χ2v) is 9.14. The fraction of sp³-hybridized carbons (Fsp3) is 0.476. The predicted octanol–water partition coefficient (Wildman–Crippen LogP) is 2.89. The minimum atomic E-state index is -0.00217. The molecule has 1 unspecified atom stereocenters. The van der Waals surface area contributed by atoms with Crippen molar-refractivity contribution in [2.75, 3.05) is 31.1 Å². The Balaban J connectivity index is 1.33. The number of amides is 2. The summed E-state index contributed by atoms with van der Waals surface area (Å²) in [6, 6.07) is 7.54. The second-order valence-electron chi connectivity index (χ2n) is 7.64. The number of thiazole rings is 1. The molecule has 2 amide bonds. The highest BCUT2D eigenvalue weighted by molar-refractivity contribution is 7.15. The van der Waals surface area contributed by atoms with E-state index in [9.17, 15) is 9.59 Å². The summed E-state index contributed by atoms with van der Waals surface area (Å²) in [4.78, 5) is 34.4. The Bertz CT molecular complexity index is 891. The van der Waals surface area contributed by atoms with E-state index in [0.29, 0.717) is 11.6 Å². The third-order valence-electron chi connectivity index (χ3n) is 5.67. The number of piperazine rings is 1. The monoisotopic (exact) mass is 432 g/mol. The van der Waals surface area contributed by atoms with Crippen LogP contribution < -0.4 is 10.2 Å². The lowest BCUT2D eigenvalue weighted by atomic mass is 9.90. The van der Waals surface area contributed by atoms with Gasteiger partial charge in [-0.1, -0.05) is 23.7 Å². The molecule has 8 heteroatoms. The topological polar surface area (TPSA) is 65.5 Å². The number of anilines is 1. The molecule has 4 rings (SSSR count). The molecule has 1 fully saturated rings. The van der Waals surface area contributed by atoms with Crippen molar-refractivity contribution in [2.45, 2.75) is 32.7 Å². The van der Waals surface area contributed by atoms with E-state index in [2.05, 4.69) is 10.2 Å². The van der Waals surface area contributed by atoms with Crippen molar-refractivity contribution in [3.05, 3.63) is 45.4 Å². The maximum atomic E-state index is 12.7. The Hall–Kier alpha value is -2.12. The number of nitrogens with one attached hydrogen (secondary N) is 1. The number of aryl methyl sites for hydroxylation is 1. The largest absolute Gasteiger partial charge is 0.352 e.